The van der Waals surface area contributed by atoms with Crippen LogP contribution in [-0.4, -0.2) is 17.8 Å². The Morgan fingerprint density at radius 2 is 2.15 bits per heavy atom. The van der Waals surface area contributed by atoms with Crippen LogP contribution in [0.5, 0.6) is 5.75 Å². The van der Waals surface area contributed by atoms with Crippen molar-refractivity contribution in [2.24, 2.45) is 0 Å². The maximum absolute atomic E-state index is 12.0. The average molecular weight is 342 g/mol. The minimum absolute atomic E-state index is 0.113. The van der Waals surface area contributed by atoms with Crippen molar-refractivity contribution in [3.05, 3.63) is 21.7 Å². The van der Waals surface area contributed by atoms with Crippen LogP contribution in [0.3, 0.4) is 0 Å². The smallest absolute Gasteiger partial charge is 0.412 e. The first kappa shape index (κ1) is 15.2. The average Bonchev–Trinajstić information content (AvgIpc) is 2.64. The summed E-state index contributed by atoms with van der Waals surface area (Å²) in [4.78, 5) is 12.0. The van der Waals surface area contributed by atoms with E-state index in [1.165, 1.54) is 0 Å². The first-order valence-electron chi connectivity index (χ1n) is 6.66. The second kappa shape index (κ2) is 5.28. The van der Waals surface area contributed by atoms with Gasteiger partial charge in [0.1, 0.15) is 17.5 Å². The summed E-state index contributed by atoms with van der Waals surface area (Å²) in [5, 5.41) is 2.85. The maximum Gasteiger partial charge on any atom is 0.412 e. The molecule has 0 radical (unpaired) electrons. The van der Waals surface area contributed by atoms with Gasteiger partial charge in [0.15, 0.2) is 0 Å². The van der Waals surface area contributed by atoms with Gasteiger partial charge in [0.2, 0.25) is 0 Å². The fraction of sp³-hybridized carbons (Fsp3) is 0.533. The lowest BCUT2D eigenvalue weighted by Gasteiger charge is -2.21. The second-order valence-corrected chi connectivity index (χ2v) is 6.97. The summed E-state index contributed by atoms with van der Waals surface area (Å²) < 4.78 is 12.0. The molecule has 0 spiro atoms. The molecular weight excluding hydrogens is 322 g/mol. The maximum atomic E-state index is 12.0. The molecule has 1 N–H and O–H groups in total. The van der Waals surface area contributed by atoms with Gasteiger partial charge in [-0.1, -0.05) is 0 Å². The molecule has 1 heterocycles. The molecule has 1 aliphatic heterocycles. The zero-order chi connectivity index (χ0) is 15.1. The van der Waals surface area contributed by atoms with E-state index in [1.807, 2.05) is 40.7 Å². The van der Waals surface area contributed by atoms with E-state index in [-0.39, 0.29) is 6.10 Å². The fourth-order valence-electron chi connectivity index (χ4n) is 2.26. The van der Waals surface area contributed by atoms with Crippen LogP contribution in [0.1, 0.15) is 38.8 Å². The van der Waals surface area contributed by atoms with Gasteiger partial charge in [-0.15, -0.1) is 0 Å². The summed E-state index contributed by atoms with van der Waals surface area (Å²) >= 11 is 3.51. The van der Waals surface area contributed by atoms with Gasteiger partial charge >= 0.3 is 6.09 Å². The van der Waals surface area contributed by atoms with Crippen molar-refractivity contribution in [3.8, 4) is 5.75 Å². The number of rotatable bonds is 1. The molecule has 0 saturated carbocycles. The third-order valence-corrected chi connectivity index (χ3v) is 3.56. The van der Waals surface area contributed by atoms with Crippen molar-refractivity contribution in [3.63, 3.8) is 0 Å². The Balaban J connectivity index is 2.30. The molecule has 110 valence electrons. The zero-order valence-electron chi connectivity index (χ0n) is 12.5. The van der Waals surface area contributed by atoms with Crippen molar-refractivity contribution < 1.29 is 14.3 Å². The molecule has 1 aromatic carbocycles. The molecule has 1 atom stereocenters. The van der Waals surface area contributed by atoms with E-state index in [9.17, 15) is 4.79 Å². The highest BCUT2D eigenvalue weighted by molar-refractivity contribution is 9.10. The number of benzene rings is 1. The number of carbonyl (C=O) groups is 1. The highest BCUT2D eigenvalue weighted by Crippen LogP contribution is 2.42. The minimum atomic E-state index is -0.514. The minimum Gasteiger partial charge on any atom is -0.489 e. The monoisotopic (exact) mass is 341 g/mol. The summed E-state index contributed by atoms with van der Waals surface area (Å²) in [5.74, 6) is 0.814. The molecule has 4 nitrogen and oxygen atoms in total. The van der Waals surface area contributed by atoms with E-state index in [0.29, 0.717) is 0 Å². The number of amides is 1. The quantitative estimate of drug-likeness (QED) is 0.821. The number of hydrogen-bond acceptors (Lipinski definition) is 3. The second-order valence-electron chi connectivity index (χ2n) is 6.12. The molecule has 20 heavy (non-hydrogen) atoms. The van der Waals surface area contributed by atoms with E-state index in [1.54, 1.807) is 0 Å². The normalized spacial score (nSPS) is 17.4. The number of hydrogen-bond donors (Lipinski definition) is 1. The van der Waals surface area contributed by atoms with E-state index < -0.39 is 11.7 Å². The number of aryl methyl sites for hydroxylation is 1. The third-order valence-electron chi connectivity index (χ3n) is 2.97. The van der Waals surface area contributed by atoms with Gasteiger partial charge in [0, 0.05) is 12.0 Å². The summed E-state index contributed by atoms with van der Waals surface area (Å²) in [6.07, 6.45) is 0.452. The van der Waals surface area contributed by atoms with Gasteiger partial charge in [-0.2, -0.15) is 0 Å². The van der Waals surface area contributed by atoms with Crippen LogP contribution >= 0.6 is 15.9 Å². The van der Waals surface area contributed by atoms with E-state index in [4.69, 9.17) is 9.47 Å². The lowest BCUT2D eigenvalue weighted by molar-refractivity contribution is 0.0635. The Hall–Kier alpha value is -1.23. The molecule has 1 aromatic rings. The Kier molecular flexibility index (Phi) is 4.00. The molecule has 5 heteroatoms. The lowest BCUT2D eigenvalue weighted by Crippen LogP contribution is -2.27. The molecule has 0 bridgehead atoms. The topological polar surface area (TPSA) is 47.6 Å². The Morgan fingerprint density at radius 1 is 1.50 bits per heavy atom. The van der Waals surface area contributed by atoms with Gasteiger partial charge in [0.25, 0.3) is 0 Å². The van der Waals surface area contributed by atoms with Crippen LogP contribution in [0.25, 0.3) is 0 Å². The number of carbonyl (C=O) groups excluding carboxylic acids is 1. The Morgan fingerprint density at radius 3 is 2.75 bits per heavy atom. The molecule has 0 aromatic heterocycles. The van der Waals surface area contributed by atoms with Crippen LogP contribution in [0.15, 0.2) is 10.5 Å². The van der Waals surface area contributed by atoms with Gasteiger partial charge in [-0.3, -0.25) is 5.32 Å². The van der Waals surface area contributed by atoms with Crippen molar-refractivity contribution in [1.29, 1.82) is 0 Å². The highest BCUT2D eigenvalue weighted by Gasteiger charge is 2.27. The molecule has 0 unspecified atom stereocenters. The predicted molar refractivity (Wildman–Crippen MR) is 82.5 cm³/mol. The van der Waals surface area contributed by atoms with Crippen molar-refractivity contribution in [1.82, 2.24) is 0 Å². The van der Waals surface area contributed by atoms with Crippen molar-refractivity contribution >= 4 is 27.7 Å². The molecule has 0 aliphatic carbocycles. The van der Waals surface area contributed by atoms with Crippen LogP contribution in [0.4, 0.5) is 10.5 Å². The SMILES string of the molecule is Cc1cc(Br)c2c(c1NC(=O)OC(C)(C)C)C[C@@H](C)O2. The molecular formula is C15H20BrNO3. The molecule has 0 fully saturated rings. The van der Waals surface area contributed by atoms with E-state index in [0.717, 1.165) is 33.5 Å². The van der Waals surface area contributed by atoms with Crippen molar-refractivity contribution in [2.75, 3.05) is 5.32 Å². The van der Waals surface area contributed by atoms with Crippen LogP contribution in [0, 0.1) is 6.92 Å². The van der Waals surface area contributed by atoms with Crippen LogP contribution < -0.4 is 10.1 Å². The first-order valence-corrected chi connectivity index (χ1v) is 7.45. The van der Waals surface area contributed by atoms with Crippen LogP contribution in [-0.2, 0) is 11.2 Å². The van der Waals surface area contributed by atoms with E-state index >= 15 is 0 Å². The lowest BCUT2D eigenvalue weighted by atomic mass is 10.0. The zero-order valence-corrected chi connectivity index (χ0v) is 14.1. The number of halogens is 1. The standard InChI is InChI=1S/C15H20BrNO3/c1-8-6-11(16)13-10(7-9(2)19-13)12(8)17-14(18)20-15(3,4)5/h6,9H,7H2,1-5H3,(H,17,18)/t9-/m1/s1. The number of ether oxygens (including phenoxy) is 2. The van der Waals surface area contributed by atoms with Gasteiger partial charge in [-0.25, -0.2) is 4.79 Å². The largest absolute Gasteiger partial charge is 0.489 e. The first-order chi connectivity index (χ1) is 9.17. The van der Waals surface area contributed by atoms with Crippen LogP contribution in [0.2, 0.25) is 0 Å². The third kappa shape index (κ3) is 3.26. The predicted octanol–water partition coefficient (Wildman–Crippen LogP) is 4.43. The number of anilines is 1. The summed E-state index contributed by atoms with van der Waals surface area (Å²) in [7, 11) is 0. The Labute approximate surface area is 128 Å². The molecule has 2 rings (SSSR count). The molecule has 1 amide bonds. The number of fused-ring (bicyclic) bond motifs is 1. The number of nitrogens with one attached hydrogen (secondary N) is 1. The fourth-order valence-corrected chi connectivity index (χ4v) is 2.93. The molecule has 1 aliphatic rings. The van der Waals surface area contributed by atoms with Gasteiger partial charge < -0.3 is 9.47 Å². The summed E-state index contributed by atoms with van der Waals surface area (Å²) in [5.41, 5.74) is 2.29. The Bertz CT molecular complexity index is 549. The summed E-state index contributed by atoms with van der Waals surface area (Å²) in [6.45, 7) is 9.50. The highest BCUT2D eigenvalue weighted by atomic mass is 79.9. The van der Waals surface area contributed by atoms with Gasteiger partial charge in [-0.05, 0) is 62.2 Å². The van der Waals surface area contributed by atoms with Gasteiger partial charge in [0.05, 0.1) is 10.2 Å². The molecule has 0 saturated heterocycles. The van der Waals surface area contributed by atoms with Crippen molar-refractivity contribution in [2.45, 2.75) is 52.7 Å². The van der Waals surface area contributed by atoms with E-state index in [2.05, 4.69) is 21.2 Å². The summed E-state index contributed by atoms with van der Waals surface area (Å²) in [6, 6.07) is 1.95.